The van der Waals surface area contributed by atoms with Crippen LogP contribution in [0.25, 0.3) is 10.6 Å². The minimum Gasteiger partial charge on any atom is -0.369 e. The van der Waals surface area contributed by atoms with Crippen molar-refractivity contribution in [3.8, 4) is 10.6 Å². The number of alkyl halides is 1. The maximum atomic E-state index is 14.7. The molecule has 1 aliphatic carbocycles. The third-order valence-corrected chi connectivity index (χ3v) is 7.27. The van der Waals surface area contributed by atoms with Crippen LogP contribution >= 0.6 is 11.3 Å². The van der Waals surface area contributed by atoms with Crippen molar-refractivity contribution in [2.75, 3.05) is 11.9 Å². The van der Waals surface area contributed by atoms with Crippen molar-refractivity contribution in [1.29, 1.82) is 0 Å². The molecule has 7 nitrogen and oxygen atoms in total. The van der Waals surface area contributed by atoms with Gasteiger partial charge in [-0.25, -0.2) is 18.2 Å². The van der Waals surface area contributed by atoms with Gasteiger partial charge in [-0.1, -0.05) is 0 Å². The van der Waals surface area contributed by atoms with Crippen molar-refractivity contribution in [3.05, 3.63) is 52.3 Å². The van der Waals surface area contributed by atoms with E-state index in [0.717, 1.165) is 24.2 Å². The van der Waals surface area contributed by atoms with E-state index in [-0.39, 0.29) is 28.8 Å². The van der Waals surface area contributed by atoms with Crippen molar-refractivity contribution < 1.29 is 23.0 Å². The molecule has 182 valence electrons. The third kappa shape index (κ3) is 4.57. The van der Waals surface area contributed by atoms with E-state index in [9.17, 15) is 18.3 Å². The van der Waals surface area contributed by atoms with E-state index in [1.807, 2.05) is 0 Å². The number of hydrogen-bond donors (Lipinski definition) is 3. The maximum absolute atomic E-state index is 14.7. The SMILES string of the molecule is Cn1ncc(NC(O)c2csc(-c3c(F)cc(C4CC4)cc3F)n2)c1[C@@H]1CC[C@@H](N)[C@H](F)CO1. The molecule has 1 saturated carbocycles. The van der Waals surface area contributed by atoms with E-state index in [1.54, 1.807) is 17.1 Å². The third-order valence-electron chi connectivity index (χ3n) is 6.39. The van der Waals surface area contributed by atoms with Crippen LogP contribution < -0.4 is 11.1 Å². The van der Waals surface area contributed by atoms with Gasteiger partial charge in [0.2, 0.25) is 0 Å². The van der Waals surface area contributed by atoms with Gasteiger partial charge in [0.25, 0.3) is 0 Å². The number of aromatic nitrogens is 3. The number of benzene rings is 1. The molecule has 4 N–H and O–H groups in total. The topological polar surface area (TPSA) is 98.2 Å². The van der Waals surface area contributed by atoms with Crippen molar-refractivity contribution in [1.82, 2.24) is 14.8 Å². The van der Waals surface area contributed by atoms with Crippen LogP contribution in [-0.2, 0) is 11.8 Å². The second-order valence-electron chi connectivity index (χ2n) is 8.90. The first-order chi connectivity index (χ1) is 16.3. The van der Waals surface area contributed by atoms with Crippen LogP contribution in [0.1, 0.15) is 60.9 Å². The number of thiazole rings is 1. The molecule has 0 spiro atoms. The standard InChI is InChI=1S/C23H26F3N5O2S/c1-31-21(19-5-4-16(27)15(26)9-33-19)17(8-28-31)29-22(32)18-10-34-23(30-18)20-13(24)6-12(7-14(20)25)11-2-3-11/h6-8,10-11,15-16,19,22,29,32H,2-5,9,27H2,1H3/t15-,16-,19+,22?/m1/s1. The summed E-state index contributed by atoms with van der Waals surface area (Å²) in [6, 6.07) is 2.15. The molecule has 3 aromatic rings. The lowest BCUT2D eigenvalue weighted by Crippen LogP contribution is -2.32. The van der Waals surface area contributed by atoms with Crippen LogP contribution in [0.4, 0.5) is 18.9 Å². The summed E-state index contributed by atoms with van der Waals surface area (Å²) in [4.78, 5) is 4.27. The Bertz CT molecular complexity index is 1150. The summed E-state index contributed by atoms with van der Waals surface area (Å²) in [5.41, 5.74) is 7.65. The van der Waals surface area contributed by atoms with Crippen LogP contribution in [-0.4, -0.2) is 38.7 Å². The molecule has 2 aromatic heterocycles. The fourth-order valence-electron chi connectivity index (χ4n) is 4.29. The van der Waals surface area contributed by atoms with Gasteiger partial charge in [0.1, 0.15) is 34.6 Å². The molecule has 0 bridgehead atoms. The number of aliphatic hydroxyl groups excluding tert-OH is 1. The molecule has 0 amide bonds. The van der Waals surface area contributed by atoms with Gasteiger partial charge in [-0.15, -0.1) is 11.3 Å². The Hall–Kier alpha value is -2.47. The average Bonchev–Trinajstić information content (AvgIpc) is 3.48. The Morgan fingerprint density at radius 3 is 2.68 bits per heavy atom. The van der Waals surface area contributed by atoms with Crippen LogP contribution in [0, 0.1) is 11.6 Å². The number of nitrogens with two attached hydrogens (primary N) is 1. The fourth-order valence-corrected chi connectivity index (χ4v) is 5.18. The molecule has 2 aliphatic rings. The smallest absolute Gasteiger partial charge is 0.169 e. The number of anilines is 1. The molecule has 1 aliphatic heterocycles. The highest BCUT2D eigenvalue weighted by Gasteiger charge is 2.30. The number of rotatable bonds is 6. The molecule has 4 atom stereocenters. The Labute approximate surface area is 198 Å². The molecule has 11 heteroatoms. The quantitative estimate of drug-likeness (QED) is 0.443. The lowest BCUT2D eigenvalue weighted by molar-refractivity contribution is 0.0246. The molecule has 2 fully saturated rings. The normalized spacial score (nSPS) is 24.1. The van der Waals surface area contributed by atoms with Crippen LogP contribution in [0.2, 0.25) is 0 Å². The first kappa shape index (κ1) is 23.3. The molecular weight excluding hydrogens is 467 g/mol. The fraction of sp³-hybridized carbons (Fsp3) is 0.478. The van der Waals surface area contributed by atoms with E-state index in [1.165, 1.54) is 18.3 Å². The van der Waals surface area contributed by atoms with Crippen molar-refractivity contribution in [3.63, 3.8) is 0 Å². The Morgan fingerprint density at radius 2 is 1.97 bits per heavy atom. The predicted molar refractivity (Wildman–Crippen MR) is 122 cm³/mol. The Kier molecular flexibility index (Phi) is 6.36. The van der Waals surface area contributed by atoms with Crippen molar-refractivity contribution in [2.45, 2.75) is 56.1 Å². The highest BCUT2D eigenvalue weighted by molar-refractivity contribution is 7.13. The van der Waals surface area contributed by atoms with E-state index < -0.39 is 36.2 Å². The zero-order valence-electron chi connectivity index (χ0n) is 18.5. The summed E-state index contributed by atoms with van der Waals surface area (Å²) in [5, 5.41) is 19.6. The number of nitrogens with one attached hydrogen (secondary N) is 1. The summed E-state index contributed by atoms with van der Waals surface area (Å²) in [6.07, 6.45) is 1.42. The zero-order chi connectivity index (χ0) is 24.0. The van der Waals surface area contributed by atoms with E-state index >= 15 is 0 Å². The number of hydrogen-bond acceptors (Lipinski definition) is 7. The summed E-state index contributed by atoms with van der Waals surface area (Å²) in [6.45, 7) is -0.120. The monoisotopic (exact) mass is 493 g/mol. The molecule has 1 saturated heterocycles. The number of aryl methyl sites for hydroxylation is 1. The predicted octanol–water partition coefficient (Wildman–Crippen LogP) is 4.32. The van der Waals surface area contributed by atoms with Crippen molar-refractivity contribution in [2.24, 2.45) is 12.8 Å². The summed E-state index contributed by atoms with van der Waals surface area (Å²) < 4.78 is 50.6. The number of ether oxygens (including phenoxy) is 1. The lowest BCUT2D eigenvalue weighted by Gasteiger charge is -2.19. The number of halogens is 3. The van der Waals surface area contributed by atoms with Crippen LogP contribution in [0.15, 0.2) is 23.7 Å². The second-order valence-corrected chi connectivity index (χ2v) is 9.76. The van der Waals surface area contributed by atoms with Gasteiger partial charge in [-0.05, 0) is 49.3 Å². The van der Waals surface area contributed by atoms with Gasteiger partial charge < -0.3 is 20.9 Å². The summed E-state index contributed by atoms with van der Waals surface area (Å²) in [5.74, 6) is -1.09. The molecule has 0 radical (unpaired) electrons. The Balaban J connectivity index is 1.34. The maximum Gasteiger partial charge on any atom is 0.169 e. The number of aliphatic hydroxyl groups is 1. The molecule has 34 heavy (non-hydrogen) atoms. The minimum absolute atomic E-state index is 0.120. The molecule has 1 unspecified atom stereocenters. The second kappa shape index (κ2) is 9.29. The highest BCUT2D eigenvalue weighted by atomic mass is 32.1. The molecule has 1 aromatic carbocycles. The zero-order valence-corrected chi connectivity index (χ0v) is 19.4. The van der Waals surface area contributed by atoms with Gasteiger partial charge in [-0.3, -0.25) is 4.68 Å². The van der Waals surface area contributed by atoms with Gasteiger partial charge in [-0.2, -0.15) is 5.10 Å². The summed E-state index contributed by atoms with van der Waals surface area (Å²) >= 11 is 1.05. The van der Waals surface area contributed by atoms with Gasteiger partial charge in [0.05, 0.1) is 29.7 Å². The molecular formula is C23H26F3N5O2S. The van der Waals surface area contributed by atoms with E-state index in [4.69, 9.17) is 10.5 Å². The average molecular weight is 494 g/mol. The highest BCUT2D eigenvalue weighted by Crippen LogP contribution is 2.42. The molecule has 3 heterocycles. The Morgan fingerprint density at radius 1 is 1.24 bits per heavy atom. The van der Waals surface area contributed by atoms with Gasteiger partial charge in [0.15, 0.2) is 6.23 Å². The minimum atomic E-state index is -1.26. The van der Waals surface area contributed by atoms with Crippen molar-refractivity contribution >= 4 is 17.0 Å². The first-order valence-electron chi connectivity index (χ1n) is 11.2. The summed E-state index contributed by atoms with van der Waals surface area (Å²) in [7, 11) is 1.73. The van der Waals surface area contributed by atoms with E-state index in [0.29, 0.717) is 29.8 Å². The van der Waals surface area contributed by atoms with Crippen LogP contribution in [0.3, 0.4) is 0 Å². The van der Waals surface area contributed by atoms with E-state index in [2.05, 4.69) is 15.4 Å². The molecule has 5 rings (SSSR count). The first-order valence-corrected chi connectivity index (χ1v) is 12.1. The van der Waals surface area contributed by atoms with Gasteiger partial charge >= 0.3 is 0 Å². The largest absolute Gasteiger partial charge is 0.369 e. The lowest BCUT2D eigenvalue weighted by atomic mass is 10.0. The number of nitrogens with zero attached hydrogens (tertiary/aromatic N) is 3. The van der Waals surface area contributed by atoms with Crippen LogP contribution in [0.5, 0.6) is 0 Å². The van der Waals surface area contributed by atoms with Gasteiger partial charge in [0, 0.05) is 18.5 Å².